The van der Waals surface area contributed by atoms with Gasteiger partial charge in [0.15, 0.2) is 0 Å². The van der Waals surface area contributed by atoms with E-state index in [2.05, 4.69) is 36.5 Å². The molecule has 2 aromatic carbocycles. The Morgan fingerprint density at radius 3 is 2.35 bits per heavy atom. The summed E-state index contributed by atoms with van der Waals surface area (Å²) < 4.78 is 0. The molecule has 0 heterocycles. The highest BCUT2D eigenvalue weighted by molar-refractivity contribution is 5.76. The van der Waals surface area contributed by atoms with E-state index in [0.29, 0.717) is 6.42 Å². The molecule has 0 spiro atoms. The molecule has 0 aliphatic carbocycles. The van der Waals surface area contributed by atoms with Crippen LogP contribution in [0.5, 0.6) is 0 Å². The monoisotopic (exact) mass is 267 g/mol. The third-order valence-electron chi connectivity index (χ3n) is 3.44. The Kier molecular flexibility index (Phi) is 4.94. The van der Waals surface area contributed by atoms with Crippen molar-refractivity contribution in [2.24, 2.45) is 0 Å². The van der Waals surface area contributed by atoms with Crippen LogP contribution in [0.25, 0.3) is 0 Å². The van der Waals surface area contributed by atoms with E-state index in [1.165, 1.54) is 11.1 Å². The lowest BCUT2D eigenvalue weighted by Gasteiger charge is -2.14. The molecule has 1 atom stereocenters. The second kappa shape index (κ2) is 6.90. The number of amides is 1. The summed E-state index contributed by atoms with van der Waals surface area (Å²) in [4.78, 5) is 12.0. The maximum absolute atomic E-state index is 12.0. The van der Waals surface area contributed by atoms with Crippen molar-refractivity contribution in [1.29, 1.82) is 0 Å². The smallest absolute Gasteiger partial charge is 0.220 e. The van der Waals surface area contributed by atoms with Gasteiger partial charge in [-0.1, -0.05) is 60.2 Å². The summed E-state index contributed by atoms with van der Waals surface area (Å²) in [6, 6.07) is 18.4. The minimum atomic E-state index is 0.0571. The fraction of sp³-hybridized carbons (Fsp3) is 0.278. The summed E-state index contributed by atoms with van der Waals surface area (Å²) in [6.07, 6.45) is 1.31. The normalized spacial score (nSPS) is 11.9. The van der Waals surface area contributed by atoms with Gasteiger partial charge in [0.25, 0.3) is 0 Å². The Hall–Kier alpha value is -2.09. The van der Waals surface area contributed by atoms with E-state index >= 15 is 0 Å². The average molecular weight is 267 g/mol. The summed E-state index contributed by atoms with van der Waals surface area (Å²) in [5, 5.41) is 3.04. The van der Waals surface area contributed by atoms with Crippen molar-refractivity contribution in [3.8, 4) is 0 Å². The average Bonchev–Trinajstić information content (AvgIpc) is 2.47. The van der Waals surface area contributed by atoms with Crippen LogP contribution in [-0.4, -0.2) is 5.91 Å². The highest BCUT2D eigenvalue weighted by Gasteiger charge is 2.08. The number of hydrogen-bond acceptors (Lipinski definition) is 1. The predicted molar refractivity (Wildman–Crippen MR) is 82.5 cm³/mol. The third kappa shape index (κ3) is 4.23. The topological polar surface area (TPSA) is 29.1 Å². The van der Waals surface area contributed by atoms with Gasteiger partial charge in [0, 0.05) is 6.42 Å². The molecule has 2 rings (SSSR count). The fourth-order valence-corrected chi connectivity index (χ4v) is 2.15. The molecule has 2 nitrogen and oxygen atoms in total. The molecule has 1 amide bonds. The Morgan fingerprint density at radius 2 is 1.70 bits per heavy atom. The van der Waals surface area contributed by atoms with Gasteiger partial charge in [-0.05, 0) is 31.4 Å². The maximum atomic E-state index is 12.0. The molecule has 20 heavy (non-hydrogen) atoms. The zero-order valence-corrected chi connectivity index (χ0v) is 12.1. The molecule has 0 aliphatic rings. The summed E-state index contributed by atoms with van der Waals surface area (Å²) in [7, 11) is 0. The van der Waals surface area contributed by atoms with Crippen LogP contribution in [0.4, 0.5) is 0 Å². The molecule has 1 N–H and O–H groups in total. The first kappa shape index (κ1) is 14.3. The van der Waals surface area contributed by atoms with Crippen molar-refractivity contribution < 1.29 is 4.79 Å². The molecule has 2 heteroatoms. The van der Waals surface area contributed by atoms with E-state index < -0.39 is 0 Å². The van der Waals surface area contributed by atoms with E-state index in [9.17, 15) is 4.79 Å². The molecular formula is C18H21NO. The Balaban J connectivity index is 1.82. The van der Waals surface area contributed by atoms with Gasteiger partial charge < -0.3 is 5.32 Å². The largest absolute Gasteiger partial charge is 0.350 e. The predicted octanol–water partition coefficient (Wildman–Crippen LogP) is 3.81. The van der Waals surface area contributed by atoms with Gasteiger partial charge >= 0.3 is 0 Å². The van der Waals surface area contributed by atoms with Crippen molar-refractivity contribution >= 4 is 5.91 Å². The standard InChI is InChI=1S/C18H21NO/c1-14-8-10-16(11-9-14)12-13-18(20)19-15(2)17-6-4-3-5-7-17/h3-11,15H,12-13H2,1-2H3,(H,19,20)/t15-/m1/s1. The van der Waals surface area contributed by atoms with E-state index in [1.807, 2.05) is 37.3 Å². The minimum absolute atomic E-state index is 0.0571. The van der Waals surface area contributed by atoms with Crippen molar-refractivity contribution in [3.05, 3.63) is 71.3 Å². The van der Waals surface area contributed by atoms with Crippen LogP contribution < -0.4 is 5.32 Å². The Morgan fingerprint density at radius 1 is 1.05 bits per heavy atom. The van der Waals surface area contributed by atoms with Crippen LogP contribution in [0.2, 0.25) is 0 Å². The molecule has 0 fully saturated rings. The second-order valence-corrected chi connectivity index (χ2v) is 5.19. The molecule has 104 valence electrons. The van der Waals surface area contributed by atoms with Gasteiger partial charge in [0.05, 0.1) is 6.04 Å². The van der Waals surface area contributed by atoms with Gasteiger partial charge in [-0.2, -0.15) is 0 Å². The lowest BCUT2D eigenvalue weighted by atomic mass is 10.1. The highest BCUT2D eigenvalue weighted by atomic mass is 16.1. The summed E-state index contributed by atoms with van der Waals surface area (Å²) in [6.45, 7) is 4.08. The number of carbonyl (C=O) groups is 1. The van der Waals surface area contributed by atoms with Gasteiger partial charge in [0.1, 0.15) is 0 Å². The van der Waals surface area contributed by atoms with Crippen molar-refractivity contribution in [2.75, 3.05) is 0 Å². The first-order valence-corrected chi connectivity index (χ1v) is 7.05. The number of hydrogen-bond donors (Lipinski definition) is 1. The number of benzene rings is 2. The maximum Gasteiger partial charge on any atom is 0.220 e. The van der Waals surface area contributed by atoms with E-state index in [4.69, 9.17) is 0 Å². The molecular weight excluding hydrogens is 246 g/mol. The van der Waals surface area contributed by atoms with Crippen LogP contribution in [0.1, 0.15) is 36.1 Å². The molecule has 0 saturated carbocycles. The van der Waals surface area contributed by atoms with Crippen LogP contribution in [0.3, 0.4) is 0 Å². The second-order valence-electron chi connectivity index (χ2n) is 5.19. The first-order valence-electron chi connectivity index (χ1n) is 7.05. The highest BCUT2D eigenvalue weighted by Crippen LogP contribution is 2.12. The first-order chi connectivity index (χ1) is 9.65. The van der Waals surface area contributed by atoms with E-state index in [1.54, 1.807) is 0 Å². The number of nitrogens with one attached hydrogen (secondary N) is 1. The third-order valence-corrected chi connectivity index (χ3v) is 3.44. The van der Waals surface area contributed by atoms with Crippen molar-refractivity contribution in [3.63, 3.8) is 0 Å². The Labute approximate surface area is 120 Å². The molecule has 0 radical (unpaired) electrons. The van der Waals surface area contributed by atoms with E-state index in [-0.39, 0.29) is 11.9 Å². The van der Waals surface area contributed by atoms with Gasteiger partial charge in [-0.15, -0.1) is 0 Å². The number of carbonyl (C=O) groups excluding carboxylic acids is 1. The quantitative estimate of drug-likeness (QED) is 0.877. The lowest BCUT2D eigenvalue weighted by molar-refractivity contribution is -0.121. The van der Waals surface area contributed by atoms with Crippen LogP contribution in [0, 0.1) is 6.92 Å². The van der Waals surface area contributed by atoms with E-state index in [0.717, 1.165) is 12.0 Å². The molecule has 0 aromatic heterocycles. The summed E-state index contributed by atoms with van der Waals surface area (Å²) >= 11 is 0. The Bertz CT molecular complexity index is 545. The molecule has 0 bridgehead atoms. The zero-order valence-electron chi connectivity index (χ0n) is 12.1. The molecule has 2 aromatic rings. The van der Waals surface area contributed by atoms with Crippen LogP contribution >= 0.6 is 0 Å². The molecule has 0 unspecified atom stereocenters. The number of aryl methyl sites for hydroxylation is 2. The summed E-state index contributed by atoms with van der Waals surface area (Å²) in [5.74, 6) is 0.0990. The molecule has 0 aliphatic heterocycles. The van der Waals surface area contributed by atoms with Crippen molar-refractivity contribution in [2.45, 2.75) is 32.7 Å². The zero-order chi connectivity index (χ0) is 14.4. The van der Waals surface area contributed by atoms with Gasteiger partial charge in [-0.3, -0.25) is 4.79 Å². The molecule has 0 saturated heterocycles. The minimum Gasteiger partial charge on any atom is -0.350 e. The lowest BCUT2D eigenvalue weighted by Crippen LogP contribution is -2.26. The SMILES string of the molecule is Cc1ccc(CCC(=O)N[C@H](C)c2ccccc2)cc1. The fourth-order valence-electron chi connectivity index (χ4n) is 2.15. The summed E-state index contributed by atoms with van der Waals surface area (Å²) in [5.41, 5.74) is 3.59. The van der Waals surface area contributed by atoms with Crippen LogP contribution in [-0.2, 0) is 11.2 Å². The van der Waals surface area contributed by atoms with Crippen molar-refractivity contribution in [1.82, 2.24) is 5.32 Å². The number of rotatable bonds is 5. The van der Waals surface area contributed by atoms with Gasteiger partial charge in [0.2, 0.25) is 5.91 Å². The van der Waals surface area contributed by atoms with Crippen LogP contribution in [0.15, 0.2) is 54.6 Å². The van der Waals surface area contributed by atoms with Gasteiger partial charge in [-0.25, -0.2) is 0 Å².